The number of para-hydroxylation sites is 1. The predicted octanol–water partition coefficient (Wildman–Crippen LogP) is 3.07. The monoisotopic (exact) mass is 454 g/mol. The molecule has 1 unspecified atom stereocenters. The molecule has 1 atom stereocenters. The summed E-state index contributed by atoms with van der Waals surface area (Å²) < 4.78 is 33.4. The number of hydrogen-bond acceptors (Lipinski definition) is 5. The maximum absolute atomic E-state index is 13.1. The molecule has 32 heavy (non-hydrogen) atoms. The smallest absolute Gasteiger partial charge is 0.321 e. The van der Waals surface area contributed by atoms with Crippen LogP contribution in [0.3, 0.4) is 0 Å². The molecule has 0 aromatic heterocycles. The second-order valence-corrected chi connectivity index (χ2v) is 9.69. The zero-order chi connectivity index (χ0) is 22.6. The Morgan fingerprint density at radius 1 is 0.906 bits per heavy atom. The van der Waals surface area contributed by atoms with E-state index in [1.807, 2.05) is 65.6 Å². The van der Waals surface area contributed by atoms with E-state index in [0.29, 0.717) is 25.3 Å². The average Bonchev–Trinajstić information content (AvgIpc) is 2.82. The molecule has 1 heterocycles. The first kappa shape index (κ1) is 22.3. The Bertz CT molecular complexity index is 1180. The van der Waals surface area contributed by atoms with Gasteiger partial charge in [-0.15, -0.1) is 0 Å². The van der Waals surface area contributed by atoms with Crippen LogP contribution in [0.1, 0.15) is 6.42 Å². The van der Waals surface area contributed by atoms with Gasteiger partial charge in [0.05, 0.1) is 11.5 Å². The van der Waals surface area contributed by atoms with E-state index in [9.17, 15) is 18.3 Å². The van der Waals surface area contributed by atoms with Crippen LogP contribution >= 0.6 is 0 Å². The molecule has 1 saturated heterocycles. The van der Waals surface area contributed by atoms with E-state index in [0.717, 1.165) is 10.8 Å². The summed E-state index contributed by atoms with van der Waals surface area (Å²) in [6.45, 7) is 1.48. The third kappa shape index (κ3) is 4.93. The SMILES string of the molecule is O=C(O)C(CCOc1ccccc1)N1CCN(S(=O)(=O)c2ccc3ccccc3c2)CC1. The summed E-state index contributed by atoms with van der Waals surface area (Å²) in [5.74, 6) is -0.226. The van der Waals surface area contributed by atoms with Crippen molar-refractivity contribution in [2.75, 3.05) is 32.8 Å². The molecule has 7 nitrogen and oxygen atoms in total. The minimum Gasteiger partial charge on any atom is -0.494 e. The van der Waals surface area contributed by atoms with E-state index in [1.165, 1.54) is 4.31 Å². The van der Waals surface area contributed by atoms with E-state index in [2.05, 4.69) is 0 Å². The molecule has 168 valence electrons. The standard InChI is InChI=1S/C24H26N2O5S/c27-24(28)23(12-17-31-21-8-2-1-3-9-21)25-13-15-26(16-14-25)32(29,30)22-11-10-19-6-4-5-7-20(19)18-22/h1-11,18,23H,12-17H2,(H,27,28). The quantitative estimate of drug-likeness (QED) is 0.563. The molecule has 0 saturated carbocycles. The Morgan fingerprint density at radius 3 is 2.25 bits per heavy atom. The summed E-state index contributed by atoms with van der Waals surface area (Å²) >= 11 is 0. The lowest BCUT2D eigenvalue weighted by atomic mass is 10.1. The number of nitrogens with zero attached hydrogens (tertiary/aromatic N) is 2. The fourth-order valence-electron chi connectivity index (χ4n) is 4.00. The number of hydrogen-bond donors (Lipinski definition) is 1. The highest BCUT2D eigenvalue weighted by Gasteiger charge is 2.33. The lowest BCUT2D eigenvalue weighted by Gasteiger charge is -2.37. The van der Waals surface area contributed by atoms with Crippen molar-refractivity contribution < 1.29 is 23.1 Å². The van der Waals surface area contributed by atoms with Gasteiger partial charge in [0.2, 0.25) is 10.0 Å². The Kier molecular flexibility index (Phi) is 6.74. The van der Waals surface area contributed by atoms with Crippen molar-refractivity contribution >= 4 is 26.8 Å². The largest absolute Gasteiger partial charge is 0.494 e. The maximum atomic E-state index is 13.1. The van der Waals surface area contributed by atoms with Gasteiger partial charge < -0.3 is 9.84 Å². The van der Waals surface area contributed by atoms with Crippen molar-refractivity contribution in [1.82, 2.24) is 9.21 Å². The van der Waals surface area contributed by atoms with Crippen LogP contribution in [0.2, 0.25) is 0 Å². The number of rotatable bonds is 8. The Balaban J connectivity index is 1.38. The summed E-state index contributed by atoms with van der Waals surface area (Å²) in [5, 5.41) is 11.6. The van der Waals surface area contributed by atoms with Gasteiger partial charge in [-0.1, -0.05) is 48.5 Å². The van der Waals surface area contributed by atoms with Gasteiger partial charge in [-0.2, -0.15) is 4.31 Å². The number of aliphatic carboxylic acids is 1. The van der Waals surface area contributed by atoms with Crippen molar-refractivity contribution in [3.63, 3.8) is 0 Å². The van der Waals surface area contributed by atoms with Crippen LogP contribution in [-0.2, 0) is 14.8 Å². The zero-order valence-corrected chi connectivity index (χ0v) is 18.4. The van der Waals surface area contributed by atoms with Gasteiger partial charge in [-0.3, -0.25) is 9.69 Å². The first-order valence-electron chi connectivity index (χ1n) is 10.6. The number of ether oxygens (including phenoxy) is 1. The second-order valence-electron chi connectivity index (χ2n) is 7.75. The van der Waals surface area contributed by atoms with Gasteiger partial charge in [0.25, 0.3) is 0 Å². The molecule has 1 aliphatic heterocycles. The number of fused-ring (bicyclic) bond motifs is 1. The Labute approximate surface area is 187 Å². The van der Waals surface area contributed by atoms with Gasteiger partial charge in [-0.25, -0.2) is 8.42 Å². The molecule has 0 aliphatic carbocycles. The highest BCUT2D eigenvalue weighted by Crippen LogP contribution is 2.23. The van der Waals surface area contributed by atoms with Crippen LogP contribution in [0.15, 0.2) is 77.7 Å². The number of benzene rings is 3. The summed E-state index contributed by atoms with van der Waals surface area (Å²) in [4.78, 5) is 13.9. The third-order valence-electron chi connectivity index (χ3n) is 5.76. The van der Waals surface area contributed by atoms with Gasteiger partial charge in [-0.05, 0) is 35.0 Å². The molecule has 0 amide bonds. The van der Waals surface area contributed by atoms with E-state index in [-0.39, 0.29) is 24.6 Å². The van der Waals surface area contributed by atoms with Crippen molar-refractivity contribution in [3.8, 4) is 5.75 Å². The number of piperazine rings is 1. The van der Waals surface area contributed by atoms with Crippen LogP contribution in [0, 0.1) is 0 Å². The number of sulfonamides is 1. The van der Waals surface area contributed by atoms with Crippen molar-refractivity contribution in [2.45, 2.75) is 17.4 Å². The van der Waals surface area contributed by atoms with Crippen molar-refractivity contribution in [2.24, 2.45) is 0 Å². The lowest BCUT2D eigenvalue weighted by molar-refractivity contribution is -0.144. The minimum atomic E-state index is -3.64. The van der Waals surface area contributed by atoms with E-state index < -0.39 is 22.0 Å². The fourth-order valence-corrected chi connectivity index (χ4v) is 5.46. The van der Waals surface area contributed by atoms with E-state index >= 15 is 0 Å². The van der Waals surface area contributed by atoms with Crippen LogP contribution in [0.5, 0.6) is 5.75 Å². The molecule has 3 aromatic carbocycles. The van der Waals surface area contributed by atoms with Crippen molar-refractivity contribution in [3.05, 3.63) is 72.8 Å². The van der Waals surface area contributed by atoms with Gasteiger partial charge in [0.1, 0.15) is 11.8 Å². The van der Waals surface area contributed by atoms with E-state index in [1.54, 1.807) is 12.1 Å². The van der Waals surface area contributed by atoms with Crippen LogP contribution in [0.25, 0.3) is 10.8 Å². The normalized spacial score (nSPS) is 16.6. The summed E-state index contributed by atoms with van der Waals surface area (Å²) in [6, 6.07) is 21.3. The molecular formula is C24H26N2O5S. The summed E-state index contributed by atoms with van der Waals surface area (Å²) in [7, 11) is -3.64. The molecular weight excluding hydrogens is 428 g/mol. The summed E-state index contributed by atoms with van der Waals surface area (Å²) in [5.41, 5.74) is 0. The predicted molar refractivity (Wildman–Crippen MR) is 122 cm³/mol. The van der Waals surface area contributed by atoms with Crippen LogP contribution in [-0.4, -0.2) is 67.5 Å². The highest BCUT2D eigenvalue weighted by atomic mass is 32.2. The van der Waals surface area contributed by atoms with Gasteiger partial charge in [0, 0.05) is 32.6 Å². The van der Waals surface area contributed by atoms with Crippen LogP contribution in [0.4, 0.5) is 0 Å². The molecule has 4 rings (SSSR count). The topological polar surface area (TPSA) is 87.2 Å². The van der Waals surface area contributed by atoms with Crippen molar-refractivity contribution in [1.29, 1.82) is 0 Å². The molecule has 0 spiro atoms. The number of carbonyl (C=O) groups is 1. The summed E-state index contributed by atoms with van der Waals surface area (Å²) in [6.07, 6.45) is 0.321. The second kappa shape index (κ2) is 9.68. The molecule has 0 bridgehead atoms. The lowest BCUT2D eigenvalue weighted by Crippen LogP contribution is -2.54. The first-order chi connectivity index (χ1) is 15.4. The number of carboxylic acid groups (broad SMARTS) is 1. The first-order valence-corrected chi connectivity index (χ1v) is 12.0. The fraction of sp³-hybridized carbons (Fsp3) is 0.292. The van der Waals surface area contributed by atoms with E-state index in [4.69, 9.17) is 4.74 Å². The molecule has 3 aromatic rings. The number of carboxylic acids is 1. The average molecular weight is 455 g/mol. The van der Waals surface area contributed by atoms with Crippen LogP contribution < -0.4 is 4.74 Å². The molecule has 1 fully saturated rings. The minimum absolute atomic E-state index is 0.248. The molecule has 8 heteroatoms. The Hall–Kier alpha value is -2.94. The zero-order valence-electron chi connectivity index (χ0n) is 17.6. The third-order valence-corrected chi connectivity index (χ3v) is 7.66. The van der Waals surface area contributed by atoms with Gasteiger partial charge >= 0.3 is 5.97 Å². The Morgan fingerprint density at radius 2 is 1.56 bits per heavy atom. The molecule has 0 radical (unpaired) electrons. The highest BCUT2D eigenvalue weighted by molar-refractivity contribution is 7.89. The maximum Gasteiger partial charge on any atom is 0.321 e. The van der Waals surface area contributed by atoms with Gasteiger partial charge in [0.15, 0.2) is 0 Å². The molecule has 1 N–H and O–H groups in total. The molecule has 1 aliphatic rings.